The first kappa shape index (κ1) is 16.4. The zero-order chi connectivity index (χ0) is 16.2. The van der Waals surface area contributed by atoms with Crippen LogP contribution in [0.5, 0.6) is 0 Å². The van der Waals surface area contributed by atoms with E-state index < -0.39 is 6.10 Å². The van der Waals surface area contributed by atoms with Crippen molar-refractivity contribution >= 4 is 11.6 Å². The van der Waals surface area contributed by atoms with Crippen molar-refractivity contribution in [3.05, 3.63) is 46.6 Å². The summed E-state index contributed by atoms with van der Waals surface area (Å²) in [5.41, 5.74) is 0.863. The van der Waals surface area contributed by atoms with Gasteiger partial charge in [-0.3, -0.25) is 9.80 Å². The fourth-order valence-electron chi connectivity index (χ4n) is 2.80. The van der Waals surface area contributed by atoms with E-state index >= 15 is 0 Å². The Kier molecular flexibility index (Phi) is 5.27. The maximum absolute atomic E-state index is 10.4. The third kappa shape index (κ3) is 4.51. The first-order valence-electron chi connectivity index (χ1n) is 7.77. The molecule has 23 heavy (non-hydrogen) atoms. The predicted octanol–water partition coefficient (Wildman–Crippen LogP) is 1.88. The summed E-state index contributed by atoms with van der Waals surface area (Å²) >= 11 is 5.98. The van der Waals surface area contributed by atoms with Crippen LogP contribution < -0.4 is 0 Å². The van der Waals surface area contributed by atoms with Gasteiger partial charge in [-0.2, -0.15) is 4.98 Å². The summed E-state index contributed by atoms with van der Waals surface area (Å²) in [7, 11) is 0. The second-order valence-corrected chi connectivity index (χ2v) is 6.31. The second-order valence-electron chi connectivity index (χ2n) is 5.88. The quantitative estimate of drug-likeness (QED) is 0.899. The van der Waals surface area contributed by atoms with Crippen LogP contribution in [0.2, 0.25) is 5.02 Å². The number of aliphatic hydroxyl groups is 1. The minimum absolute atomic E-state index is 0.514. The number of benzene rings is 1. The number of β-amino-alcohol motifs (C(OH)–C–C–N with tert-alkyl or cyclic N) is 1. The van der Waals surface area contributed by atoms with Crippen LogP contribution >= 0.6 is 11.6 Å². The summed E-state index contributed by atoms with van der Waals surface area (Å²) in [6.07, 6.45) is -0.514. The average molecular weight is 337 g/mol. The monoisotopic (exact) mass is 336 g/mol. The van der Waals surface area contributed by atoms with Crippen molar-refractivity contribution in [2.24, 2.45) is 0 Å². The Morgan fingerprint density at radius 2 is 2.00 bits per heavy atom. The number of nitrogens with zero attached hydrogens (tertiary/aromatic N) is 4. The number of aromatic nitrogens is 2. The Labute approximate surface area is 140 Å². The van der Waals surface area contributed by atoms with Crippen molar-refractivity contribution < 1.29 is 9.63 Å². The molecule has 1 unspecified atom stereocenters. The van der Waals surface area contributed by atoms with Crippen molar-refractivity contribution in [2.75, 3.05) is 32.7 Å². The molecular formula is C16H21ClN4O2. The van der Waals surface area contributed by atoms with E-state index in [2.05, 4.69) is 19.9 Å². The van der Waals surface area contributed by atoms with Gasteiger partial charge in [-0.05, 0) is 17.7 Å². The largest absolute Gasteiger partial charge is 0.387 e. The normalized spacial score (nSPS) is 18.2. The lowest BCUT2D eigenvalue weighted by Gasteiger charge is -2.35. The maximum Gasteiger partial charge on any atom is 0.223 e. The van der Waals surface area contributed by atoms with Gasteiger partial charge in [0.2, 0.25) is 5.89 Å². The number of hydrogen-bond acceptors (Lipinski definition) is 6. The first-order valence-corrected chi connectivity index (χ1v) is 8.15. The van der Waals surface area contributed by atoms with Crippen LogP contribution in [-0.4, -0.2) is 57.8 Å². The number of halogens is 1. The highest BCUT2D eigenvalue weighted by atomic mass is 35.5. The van der Waals surface area contributed by atoms with Gasteiger partial charge in [-0.15, -0.1) is 0 Å². The molecule has 1 atom stereocenters. The summed E-state index contributed by atoms with van der Waals surface area (Å²) in [6.45, 7) is 6.80. The van der Waals surface area contributed by atoms with E-state index in [1.165, 1.54) is 0 Å². The third-order valence-electron chi connectivity index (χ3n) is 4.06. The molecule has 1 saturated heterocycles. The zero-order valence-corrected chi connectivity index (χ0v) is 13.9. The molecule has 0 amide bonds. The van der Waals surface area contributed by atoms with Crippen molar-refractivity contribution in [1.82, 2.24) is 19.9 Å². The molecule has 1 aromatic heterocycles. The predicted molar refractivity (Wildman–Crippen MR) is 87.2 cm³/mol. The molecule has 2 aromatic rings. The number of aryl methyl sites for hydroxylation is 1. The van der Waals surface area contributed by atoms with Gasteiger partial charge in [0, 0.05) is 44.7 Å². The minimum Gasteiger partial charge on any atom is -0.387 e. The van der Waals surface area contributed by atoms with Crippen LogP contribution in [0.4, 0.5) is 0 Å². The summed E-state index contributed by atoms with van der Waals surface area (Å²) in [5.74, 6) is 1.33. The summed E-state index contributed by atoms with van der Waals surface area (Å²) < 4.78 is 5.00. The lowest BCUT2D eigenvalue weighted by Crippen LogP contribution is -2.47. The highest BCUT2D eigenvalue weighted by Gasteiger charge is 2.21. The molecule has 3 rings (SSSR count). The van der Waals surface area contributed by atoms with Gasteiger partial charge in [0.25, 0.3) is 0 Å². The fourth-order valence-corrected chi connectivity index (χ4v) is 3.00. The van der Waals surface area contributed by atoms with Gasteiger partial charge >= 0.3 is 0 Å². The number of aliphatic hydroxyl groups excluding tert-OH is 1. The zero-order valence-electron chi connectivity index (χ0n) is 13.2. The van der Waals surface area contributed by atoms with Crippen LogP contribution in [0, 0.1) is 6.92 Å². The van der Waals surface area contributed by atoms with Crippen molar-refractivity contribution in [2.45, 2.75) is 19.6 Å². The number of piperazine rings is 1. The first-order chi connectivity index (χ1) is 11.1. The van der Waals surface area contributed by atoms with E-state index in [-0.39, 0.29) is 0 Å². The summed E-state index contributed by atoms with van der Waals surface area (Å²) in [5, 5.41) is 14.9. The molecule has 0 aliphatic carbocycles. The van der Waals surface area contributed by atoms with E-state index in [0.717, 1.165) is 37.6 Å². The second kappa shape index (κ2) is 7.40. The lowest BCUT2D eigenvalue weighted by molar-refractivity contribution is 0.0690. The topological polar surface area (TPSA) is 65.6 Å². The Hall–Kier alpha value is -1.47. The fraction of sp³-hybridized carbons (Fsp3) is 0.500. The highest BCUT2D eigenvalue weighted by molar-refractivity contribution is 6.30. The summed E-state index contributed by atoms with van der Waals surface area (Å²) in [4.78, 5) is 8.80. The Balaban J connectivity index is 1.47. The molecule has 0 saturated carbocycles. The van der Waals surface area contributed by atoms with Gasteiger partial charge in [0.05, 0.1) is 12.6 Å². The standard InChI is InChI=1S/C16H21ClN4O2/c1-12-18-16(19-23-12)11-21-7-5-20(6-8-21)10-15(22)13-3-2-4-14(17)9-13/h2-4,9,15,22H,5-8,10-11H2,1H3. The molecule has 1 aliphatic heterocycles. The van der Waals surface area contributed by atoms with Crippen LogP contribution in [0.25, 0.3) is 0 Å². The third-order valence-corrected chi connectivity index (χ3v) is 4.30. The molecule has 2 heterocycles. The summed E-state index contributed by atoms with van der Waals surface area (Å²) in [6, 6.07) is 7.41. The Bertz CT molecular complexity index is 641. The molecule has 7 heteroatoms. The number of hydrogen-bond donors (Lipinski definition) is 1. The SMILES string of the molecule is Cc1nc(CN2CCN(CC(O)c3cccc(Cl)c3)CC2)no1. The molecule has 1 N–H and O–H groups in total. The smallest absolute Gasteiger partial charge is 0.223 e. The van der Waals surface area contributed by atoms with Crippen LogP contribution in [0.15, 0.2) is 28.8 Å². The molecule has 1 fully saturated rings. The van der Waals surface area contributed by atoms with E-state index in [0.29, 0.717) is 24.0 Å². The Morgan fingerprint density at radius 1 is 1.26 bits per heavy atom. The molecule has 0 spiro atoms. The van der Waals surface area contributed by atoms with Crippen molar-refractivity contribution in [3.8, 4) is 0 Å². The van der Waals surface area contributed by atoms with E-state index in [4.69, 9.17) is 16.1 Å². The van der Waals surface area contributed by atoms with E-state index in [1.54, 1.807) is 6.92 Å². The minimum atomic E-state index is -0.514. The number of rotatable bonds is 5. The lowest BCUT2D eigenvalue weighted by atomic mass is 10.1. The van der Waals surface area contributed by atoms with Gasteiger partial charge < -0.3 is 9.63 Å². The van der Waals surface area contributed by atoms with Gasteiger partial charge in [0.1, 0.15) is 0 Å². The van der Waals surface area contributed by atoms with Crippen LogP contribution in [-0.2, 0) is 6.54 Å². The molecule has 6 nitrogen and oxygen atoms in total. The van der Waals surface area contributed by atoms with Crippen LogP contribution in [0.1, 0.15) is 23.4 Å². The molecule has 124 valence electrons. The molecular weight excluding hydrogens is 316 g/mol. The van der Waals surface area contributed by atoms with E-state index in [9.17, 15) is 5.11 Å². The Morgan fingerprint density at radius 3 is 2.65 bits per heavy atom. The van der Waals surface area contributed by atoms with Gasteiger partial charge in [-0.1, -0.05) is 28.9 Å². The van der Waals surface area contributed by atoms with E-state index in [1.807, 2.05) is 24.3 Å². The van der Waals surface area contributed by atoms with Gasteiger partial charge in [0.15, 0.2) is 5.82 Å². The average Bonchev–Trinajstić information content (AvgIpc) is 2.94. The molecule has 0 bridgehead atoms. The highest BCUT2D eigenvalue weighted by Crippen LogP contribution is 2.19. The van der Waals surface area contributed by atoms with Crippen molar-refractivity contribution in [3.63, 3.8) is 0 Å². The molecule has 1 aromatic carbocycles. The molecule has 0 radical (unpaired) electrons. The van der Waals surface area contributed by atoms with Crippen LogP contribution in [0.3, 0.4) is 0 Å². The maximum atomic E-state index is 10.4. The van der Waals surface area contributed by atoms with Crippen molar-refractivity contribution in [1.29, 1.82) is 0 Å². The molecule has 1 aliphatic rings. The van der Waals surface area contributed by atoms with Gasteiger partial charge in [-0.25, -0.2) is 0 Å².